The molecule has 0 fully saturated rings. The molecule has 9 heteroatoms. The van der Waals surface area contributed by atoms with E-state index in [0.29, 0.717) is 22.2 Å². The Morgan fingerprint density at radius 1 is 1.57 bits per heavy atom. The highest BCUT2D eigenvalue weighted by molar-refractivity contribution is 7.98. The number of hydrogen-bond acceptors (Lipinski definition) is 7. The summed E-state index contributed by atoms with van der Waals surface area (Å²) in [6.45, 7) is -0.290. The number of nitrogens with zero attached hydrogens (tertiary/aromatic N) is 5. The first kappa shape index (κ1) is 14.8. The number of carboxylic acid groups (broad SMARTS) is 1. The van der Waals surface area contributed by atoms with Gasteiger partial charge >= 0.3 is 5.97 Å². The molecule has 0 aliphatic rings. The van der Waals surface area contributed by atoms with Gasteiger partial charge in [-0.1, -0.05) is 17.8 Å². The van der Waals surface area contributed by atoms with Crippen molar-refractivity contribution in [2.75, 3.05) is 7.11 Å². The molecular weight excluding hydrogens is 294 g/mol. The number of carboxylic acids is 1. The lowest BCUT2D eigenvalue weighted by Gasteiger charge is -2.05. The summed E-state index contributed by atoms with van der Waals surface area (Å²) in [5.41, 5.74) is 1.34. The number of hydrogen-bond donors (Lipinski definition) is 1. The van der Waals surface area contributed by atoms with Crippen LogP contribution in [-0.2, 0) is 17.1 Å². The van der Waals surface area contributed by atoms with E-state index in [4.69, 9.17) is 15.1 Å². The average molecular weight is 305 g/mol. The Hall–Kier alpha value is -2.60. The van der Waals surface area contributed by atoms with E-state index in [1.807, 2.05) is 6.07 Å². The SMILES string of the molecule is COc1ccc(CSc2nnnn2CC(=O)O)cc1C#N. The van der Waals surface area contributed by atoms with E-state index in [1.165, 1.54) is 23.6 Å². The lowest BCUT2D eigenvalue weighted by Crippen LogP contribution is -2.11. The molecule has 2 aromatic rings. The van der Waals surface area contributed by atoms with Gasteiger partial charge in [-0.15, -0.1) is 5.10 Å². The molecule has 2 rings (SSSR count). The third-order valence-corrected chi connectivity index (χ3v) is 3.56. The van der Waals surface area contributed by atoms with Crippen LogP contribution in [0.4, 0.5) is 0 Å². The number of tetrazole rings is 1. The number of nitriles is 1. The first-order valence-corrected chi connectivity index (χ1v) is 6.80. The highest BCUT2D eigenvalue weighted by Crippen LogP contribution is 2.24. The summed E-state index contributed by atoms with van der Waals surface area (Å²) in [6, 6.07) is 7.33. The number of methoxy groups -OCH3 is 1. The molecule has 0 saturated heterocycles. The van der Waals surface area contributed by atoms with Crippen molar-refractivity contribution in [2.24, 2.45) is 0 Å². The predicted molar refractivity (Wildman–Crippen MR) is 72.7 cm³/mol. The minimum absolute atomic E-state index is 0.290. The Kier molecular flexibility index (Phi) is 4.73. The van der Waals surface area contributed by atoms with Gasteiger partial charge in [0.15, 0.2) is 0 Å². The maximum Gasteiger partial charge on any atom is 0.325 e. The summed E-state index contributed by atoms with van der Waals surface area (Å²) in [7, 11) is 1.50. The second kappa shape index (κ2) is 6.71. The van der Waals surface area contributed by atoms with Gasteiger partial charge in [-0.25, -0.2) is 4.68 Å². The van der Waals surface area contributed by atoms with E-state index in [1.54, 1.807) is 12.1 Å². The molecule has 21 heavy (non-hydrogen) atoms. The molecular formula is C12H11N5O3S. The number of ether oxygens (including phenoxy) is 1. The second-order valence-electron chi connectivity index (χ2n) is 3.95. The van der Waals surface area contributed by atoms with Gasteiger partial charge < -0.3 is 9.84 Å². The monoisotopic (exact) mass is 305 g/mol. The number of thioether (sulfide) groups is 1. The minimum atomic E-state index is -1.01. The molecule has 0 saturated carbocycles. The lowest BCUT2D eigenvalue weighted by molar-refractivity contribution is -0.138. The van der Waals surface area contributed by atoms with Crippen LogP contribution in [0, 0.1) is 11.3 Å². The van der Waals surface area contributed by atoms with Crippen LogP contribution in [0.1, 0.15) is 11.1 Å². The normalized spacial score (nSPS) is 10.1. The van der Waals surface area contributed by atoms with Crippen molar-refractivity contribution in [2.45, 2.75) is 17.5 Å². The summed E-state index contributed by atoms with van der Waals surface area (Å²) < 4.78 is 6.28. The van der Waals surface area contributed by atoms with Crippen LogP contribution in [0.3, 0.4) is 0 Å². The third kappa shape index (κ3) is 3.70. The number of carbonyl (C=O) groups is 1. The summed E-state index contributed by atoms with van der Waals surface area (Å²) in [5.74, 6) is 0.0147. The zero-order chi connectivity index (χ0) is 15.2. The van der Waals surface area contributed by atoms with Crippen molar-refractivity contribution >= 4 is 17.7 Å². The fourth-order valence-corrected chi connectivity index (χ4v) is 2.43. The van der Waals surface area contributed by atoms with E-state index >= 15 is 0 Å². The molecule has 108 valence electrons. The van der Waals surface area contributed by atoms with Crippen LogP contribution in [0.5, 0.6) is 5.75 Å². The van der Waals surface area contributed by atoms with Crippen molar-refractivity contribution < 1.29 is 14.6 Å². The highest BCUT2D eigenvalue weighted by atomic mass is 32.2. The van der Waals surface area contributed by atoms with E-state index < -0.39 is 5.97 Å². The van der Waals surface area contributed by atoms with Crippen molar-refractivity contribution in [1.29, 1.82) is 5.26 Å². The number of aliphatic carboxylic acids is 1. The molecule has 0 amide bonds. The first-order chi connectivity index (χ1) is 10.1. The Labute approximate surface area is 124 Å². The molecule has 0 aliphatic heterocycles. The molecule has 0 radical (unpaired) electrons. The number of aromatic nitrogens is 4. The second-order valence-corrected chi connectivity index (χ2v) is 4.89. The molecule has 0 spiro atoms. The molecule has 0 aliphatic carbocycles. The van der Waals surface area contributed by atoms with Crippen molar-refractivity contribution in [3.63, 3.8) is 0 Å². The molecule has 0 atom stereocenters. The minimum Gasteiger partial charge on any atom is -0.495 e. The van der Waals surface area contributed by atoms with Crippen LogP contribution in [0.15, 0.2) is 23.4 Å². The van der Waals surface area contributed by atoms with Gasteiger partial charge in [-0.2, -0.15) is 5.26 Å². The number of benzene rings is 1. The van der Waals surface area contributed by atoms with E-state index in [0.717, 1.165) is 5.56 Å². The van der Waals surface area contributed by atoms with Gasteiger partial charge in [-0.05, 0) is 28.1 Å². The third-order valence-electron chi connectivity index (χ3n) is 2.54. The van der Waals surface area contributed by atoms with Gasteiger partial charge in [0.25, 0.3) is 0 Å². The maximum atomic E-state index is 10.7. The highest BCUT2D eigenvalue weighted by Gasteiger charge is 2.11. The average Bonchev–Trinajstić information content (AvgIpc) is 2.91. The Morgan fingerprint density at radius 3 is 3.05 bits per heavy atom. The van der Waals surface area contributed by atoms with Crippen LogP contribution < -0.4 is 4.74 Å². The van der Waals surface area contributed by atoms with Crippen LogP contribution >= 0.6 is 11.8 Å². The van der Waals surface area contributed by atoms with Gasteiger partial charge in [0.2, 0.25) is 5.16 Å². The largest absolute Gasteiger partial charge is 0.495 e. The zero-order valence-corrected chi connectivity index (χ0v) is 11.9. The molecule has 1 aromatic heterocycles. The summed E-state index contributed by atoms with van der Waals surface area (Å²) in [4.78, 5) is 10.7. The van der Waals surface area contributed by atoms with Gasteiger partial charge in [0.1, 0.15) is 18.4 Å². The topological polar surface area (TPSA) is 114 Å². The van der Waals surface area contributed by atoms with Crippen LogP contribution in [-0.4, -0.2) is 38.4 Å². The fraction of sp³-hybridized carbons (Fsp3) is 0.250. The van der Waals surface area contributed by atoms with Gasteiger partial charge in [-0.3, -0.25) is 4.79 Å². The van der Waals surface area contributed by atoms with Crippen molar-refractivity contribution in [3.05, 3.63) is 29.3 Å². The smallest absolute Gasteiger partial charge is 0.325 e. The van der Waals surface area contributed by atoms with E-state index in [-0.39, 0.29) is 6.54 Å². The lowest BCUT2D eigenvalue weighted by atomic mass is 10.1. The molecule has 1 heterocycles. The Bertz CT molecular complexity index is 694. The molecule has 0 unspecified atom stereocenters. The standard InChI is InChI=1S/C12H11N5O3S/c1-20-10-3-2-8(4-9(10)5-13)7-21-12-14-15-16-17(12)6-11(18)19/h2-4H,6-7H2,1H3,(H,18,19). The summed E-state index contributed by atoms with van der Waals surface area (Å²) >= 11 is 1.29. The maximum absolute atomic E-state index is 10.7. The van der Waals surface area contributed by atoms with Crippen LogP contribution in [0.2, 0.25) is 0 Å². The number of rotatable bonds is 6. The van der Waals surface area contributed by atoms with E-state index in [2.05, 4.69) is 21.6 Å². The van der Waals surface area contributed by atoms with Crippen molar-refractivity contribution in [1.82, 2.24) is 20.2 Å². The van der Waals surface area contributed by atoms with Gasteiger partial charge in [0, 0.05) is 5.75 Å². The summed E-state index contributed by atoms with van der Waals surface area (Å²) in [6.07, 6.45) is 0. The zero-order valence-electron chi connectivity index (χ0n) is 11.1. The quantitative estimate of drug-likeness (QED) is 0.784. The molecule has 1 aromatic carbocycles. The van der Waals surface area contributed by atoms with Crippen molar-refractivity contribution in [3.8, 4) is 11.8 Å². The fourth-order valence-electron chi connectivity index (χ4n) is 1.61. The predicted octanol–water partition coefficient (Wildman–Crippen LogP) is 0.930. The Morgan fingerprint density at radius 2 is 2.38 bits per heavy atom. The Balaban J connectivity index is 2.08. The molecule has 0 bridgehead atoms. The molecule has 1 N–H and O–H groups in total. The molecule has 8 nitrogen and oxygen atoms in total. The van der Waals surface area contributed by atoms with Crippen LogP contribution in [0.25, 0.3) is 0 Å². The summed E-state index contributed by atoms with van der Waals surface area (Å²) in [5, 5.41) is 29.0. The van der Waals surface area contributed by atoms with Gasteiger partial charge in [0.05, 0.1) is 12.7 Å². The van der Waals surface area contributed by atoms with E-state index in [9.17, 15) is 4.79 Å². The first-order valence-electron chi connectivity index (χ1n) is 5.82.